The van der Waals surface area contributed by atoms with Crippen molar-refractivity contribution in [2.24, 2.45) is 5.41 Å². The number of nitrogens with two attached hydrogens (primary N) is 1. The molecular weight excluding hydrogens is 216 g/mol. The fourth-order valence-corrected chi connectivity index (χ4v) is 1.24. The molecule has 0 saturated carbocycles. The van der Waals surface area contributed by atoms with Crippen LogP contribution in [0.2, 0.25) is 0 Å². The number of para-hydroxylation sites is 1. The van der Waals surface area contributed by atoms with Crippen molar-refractivity contribution in [2.75, 3.05) is 5.73 Å². The third kappa shape index (κ3) is 3.12. The van der Waals surface area contributed by atoms with Crippen molar-refractivity contribution in [3.63, 3.8) is 0 Å². The molecule has 1 unspecified atom stereocenters. The Morgan fingerprint density at radius 1 is 1.41 bits per heavy atom. The van der Waals surface area contributed by atoms with Gasteiger partial charge in [-0.05, 0) is 24.5 Å². The maximum Gasteiger partial charge on any atom is 0.255 e. The topological polar surface area (TPSA) is 75.4 Å². The molecule has 0 heterocycles. The average molecular weight is 236 g/mol. The first-order chi connectivity index (χ1) is 7.73. The predicted molar refractivity (Wildman–Crippen MR) is 68.9 cm³/mol. The summed E-state index contributed by atoms with van der Waals surface area (Å²) in [6.45, 7) is 8.05. The van der Waals surface area contributed by atoms with Crippen molar-refractivity contribution < 1.29 is 9.90 Å². The lowest BCUT2D eigenvalue weighted by molar-refractivity contribution is 0.0907. The number of aromatic hydroxyl groups is 1. The highest BCUT2D eigenvalue weighted by atomic mass is 16.3. The molecule has 0 aliphatic heterocycles. The summed E-state index contributed by atoms with van der Waals surface area (Å²) in [7, 11) is 0. The Labute approximate surface area is 102 Å². The van der Waals surface area contributed by atoms with Gasteiger partial charge in [0.2, 0.25) is 0 Å². The number of anilines is 1. The van der Waals surface area contributed by atoms with Crippen LogP contribution in [0.15, 0.2) is 18.2 Å². The van der Waals surface area contributed by atoms with Crippen molar-refractivity contribution in [1.29, 1.82) is 0 Å². The third-order valence-electron chi connectivity index (χ3n) is 2.96. The smallest absolute Gasteiger partial charge is 0.255 e. The second kappa shape index (κ2) is 4.65. The molecule has 0 radical (unpaired) electrons. The minimum absolute atomic E-state index is 0.00386. The number of rotatable bonds is 2. The zero-order valence-electron chi connectivity index (χ0n) is 10.7. The molecule has 1 aromatic rings. The molecule has 1 atom stereocenters. The molecule has 4 heteroatoms. The van der Waals surface area contributed by atoms with E-state index in [0.717, 1.165) is 0 Å². The van der Waals surface area contributed by atoms with Crippen LogP contribution in [-0.4, -0.2) is 17.1 Å². The van der Waals surface area contributed by atoms with Crippen molar-refractivity contribution in [1.82, 2.24) is 5.32 Å². The van der Waals surface area contributed by atoms with Crippen LogP contribution in [0, 0.1) is 5.41 Å². The monoisotopic (exact) mass is 236 g/mol. The summed E-state index contributed by atoms with van der Waals surface area (Å²) in [5.74, 6) is -0.469. The lowest BCUT2D eigenvalue weighted by Crippen LogP contribution is -2.41. The predicted octanol–water partition coefficient (Wildman–Crippen LogP) is 2.14. The number of carbonyl (C=O) groups is 1. The average Bonchev–Trinajstić information content (AvgIpc) is 2.20. The quantitative estimate of drug-likeness (QED) is 0.544. The number of benzene rings is 1. The van der Waals surface area contributed by atoms with Crippen molar-refractivity contribution in [2.45, 2.75) is 33.7 Å². The summed E-state index contributed by atoms with van der Waals surface area (Å²) in [5, 5.41) is 12.5. The number of amides is 1. The van der Waals surface area contributed by atoms with Gasteiger partial charge in [-0.25, -0.2) is 0 Å². The lowest BCUT2D eigenvalue weighted by atomic mass is 9.88. The van der Waals surface area contributed by atoms with E-state index in [1.54, 1.807) is 18.2 Å². The third-order valence-corrected chi connectivity index (χ3v) is 2.96. The van der Waals surface area contributed by atoms with E-state index in [0.29, 0.717) is 0 Å². The van der Waals surface area contributed by atoms with Crippen LogP contribution in [0.25, 0.3) is 0 Å². The summed E-state index contributed by atoms with van der Waals surface area (Å²) in [6, 6.07) is 4.75. The fraction of sp³-hybridized carbons (Fsp3) is 0.462. The van der Waals surface area contributed by atoms with E-state index in [-0.39, 0.29) is 34.4 Å². The number of hydrogen-bond acceptors (Lipinski definition) is 3. The summed E-state index contributed by atoms with van der Waals surface area (Å²) >= 11 is 0. The van der Waals surface area contributed by atoms with Crippen molar-refractivity contribution >= 4 is 11.6 Å². The maximum absolute atomic E-state index is 11.9. The number of phenolic OH excluding ortho intramolecular Hbond substituents is 1. The van der Waals surface area contributed by atoms with Crippen molar-refractivity contribution in [3.05, 3.63) is 23.8 Å². The van der Waals surface area contributed by atoms with Gasteiger partial charge in [0.1, 0.15) is 0 Å². The number of carbonyl (C=O) groups excluding carboxylic acids is 1. The van der Waals surface area contributed by atoms with Gasteiger partial charge >= 0.3 is 0 Å². The van der Waals surface area contributed by atoms with E-state index in [2.05, 4.69) is 5.32 Å². The first kappa shape index (κ1) is 13.4. The molecule has 1 amide bonds. The molecule has 4 N–H and O–H groups in total. The van der Waals surface area contributed by atoms with Gasteiger partial charge in [-0.3, -0.25) is 4.79 Å². The molecule has 0 aliphatic carbocycles. The maximum atomic E-state index is 11.9. The van der Waals surface area contributed by atoms with E-state index in [9.17, 15) is 9.90 Å². The van der Waals surface area contributed by atoms with Gasteiger partial charge in [0.05, 0.1) is 11.3 Å². The second-order valence-corrected chi connectivity index (χ2v) is 5.30. The molecule has 17 heavy (non-hydrogen) atoms. The SMILES string of the molecule is CC(NC(=O)c1cccc(N)c1O)C(C)(C)C. The normalized spacial score (nSPS) is 13.2. The Kier molecular flexibility index (Phi) is 3.66. The van der Waals surface area contributed by atoms with Gasteiger partial charge < -0.3 is 16.2 Å². The van der Waals surface area contributed by atoms with Gasteiger partial charge in [0, 0.05) is 6.04 Å². The summed E-state index contributed by atoms with van der Waals surface area (Å²) in [6.07, 6.45) is 0. The minimum atomic E-state index is -0.308. The van der Waals surface area contributed by atoms with Crippen LogP contribution in [0.1, 0.15) is 38.1 Å². The van der Waals surface area contributed by atoms with Crippen LogP contribution >= 0.6 is 0 Å². The van der Waals surface area contributed by atoms with E-state index in [1.165, 1.54) is 0 Å². The highest BCUT2D eigenvalue weighted by molar-refractivity contribution is 5.98. The van der Waals surface area contributed by atoms with Gasteiger partial charge in [-0.2, -0.15) is 0 Å². The fourth-order valence-electron chi connectivity index (χ4n) is 1.24. The lowest BCUT2D eigenvalue weighted by Gasteiger charge is -2.28. The molecule has 0 spiro atoms. The molecule has 0 bridgehead atoms. The highest BCUT2D eigenvalue weighted by Crippen LogP contribution is 2.25. The molecule has 4 nitrogen and oxygen atoms in total. The first-order valence-corrected chi connectivity index (χ1v) is 5.62. The van der Waals surface area contributed by atoms with E-state index in [4.69, 9.17) is 5.73 Å². The zero-order valence-corrected chi connectivity index (χ0v) is 10.7. The van der Waals surface area contributed by atoms with Gasteiger partial charge in [-0.1, -0.05) is 26.8 Å². The minimum Gasteiger partial charge on any atom is -0.505 e. The Balaban J connectivity index is 2.88. The van der Waals surface area contributed by atoms with Gasteiger partial charge in [-0.15, -0.1) is 0 Å². The summed E-state index contributed by atoms with van der Waals surface area (Å²) in [4.78, 5) is 11.9. The van der Waals surface area contributed by atoms with Gasteiger partial charge in [0.15, 0.2) is 5.75 Å². The molecule has 94 valence electrons. The number of nitrogen functional groups attached to an aromatic ring is 1. The Hall–Kier alpha value is -1.71. The second-order valence-electron chi connectivity index (χ2n) is 5.30. The van der Waals surface area contributed by atoms with E-state index in [1.807, 2.05) is 27.7 Å². The number of phenols is 1. The molecular formula is C13H20N2O2. The largest absolute Gasteiger partial charge is 0.505 e. The molecule has 0 fully saturated rings. The number of hydrogen-bond donors (Lipinski definition) is 3. The first-order valence-electron chi connectivity index (χ1n) is 5.62. The Morgan fingerprint density at radius 2 is 2.00 bits per heavy atom. The molecule has 1 aromatic carbocycles. The molecule has 1 rings (SSSR count). The number of nitrogens with one attached hydrogen (secondary N) is 1. The Bertz CT molecular complexity index is 422. The van der Waals surface area contributed by atoms with E-state index >= 15 is 0 Å². The molecule has 0 aliphatic rings. The van der Waals surface area contributed by atoms with Crippen LogP contribution in [0.3, 0.4) is 0 Å². The standard InChI is InChI=1S/C13H20N2O2/c1-8(13(2,3)4)15-12(17)9-6-5-7-10(14)11(9)16/h5-8,16H,14H2,1-4H3,(H,15,17). The van der Waals surface area contributed by atoms with Crippen LogP contribution in [0.4, 0.5) is 5.69 Å². The highest BCUT2D eigenvalue weighted by Gasteiger charge is 2.23. The Morgan fingerprint density at radius 3 is 2.53 bits per heavy atom. The van der Waals surface area contributed by atoms with Crippen LogP contribution < -0.4 is 11.1 Å². The molecule has 0 aromatic heterocycles. The van der Waals surface area contributed by atoms with Crippen LogP contribution in [-0.2, 0) is 0 Å². The van der Waals surface area contributed by atoms with E-state index < -0.39 is 0 Å². The van der Waals surface area contributed by atoms with Crippen LogP contribution in [0.5, 0.6) is 5.75 Å². The summed E-state index contributed by atoms with van der Waals surface area (Å²) in [5.41, 5.74) is 5.93. The molecule has 0 saturated heterocycles. The van der Waals surface area contributed by atoms with Crippen molar-refractivity contribution in [3.8, 4) is 5.75 Å². The van der Waals surface area contributed by atoms with Gasteiger partial charge in [0.25, 0.3) is 5.91 Å². The summed E-state index contributed by atoms with van der Waals surface area (Å²) < 4.78 is 0. The zero-order chi connectivity index (χ0) is 13.2.